The van der Waals surface area contributed by atoms with E-state index in [4.69, 9.17) is 9.47 Å². The van der Waals surface area contributed by atoms with Crippen molar-refractivity contribution in [1.29, 1.82) is 0 Å². The molecule has 0 N–H and O–H groups in total. The van der Waals surface area contributed by atoms with Crippen LogP contribution in [-0.4, -0.2) is 4.98 Å². The molecule has 1 atom stereocenters. The van der Waals surface area contributed by atoms with Crippen LogP contribution in [0.3, 0.4) is 0 Å². The number of hydrogen-bond acceptors (Lipinski definition) is 5. The summed E-state index contributed by atoms with van der Waals surface area (Å²) >= 11 is 0. The van der Waals surface area contributed by atoms with Crippen LogP contribution in [0.5, 0.6) is 11.5 Å². The Morgan fingerprint density at radius 1 is 0.966 bits per heavy atom. The highest BCUT2D eigenvalue weighted by Crippen LogP contribution is 2.40. The maximum absolute atomic E-state index is 11.7. The maximum Gasteiger partial charge on any atom is 0.146 e. The normalized spacial score (nSPS) is 15.0. The standard InChI is InChI=1S/C24H18N2O3/c27-26-24-20-7-3-1-6-17(20)14-29-23-12-11-19(13-21(23)24)28-15-18-10-9-16-5-2-4-8-22(16)25-18/h1-13,24H,14-15H2. The van der Waals surface area contributed by atoms with E-state index < -0.39 is 6.04 Å². The van der Waals surface area contributed by atoms with Crippen LogP contribution in [0.15, 0.2) is 84.0 Å². The largest absolute Gasteiger partial charge is 0.489 e. The summed E-state index contributed by atoms with van der Waals surface area (Å²) in [4.78, 5) is 16.3. The number of fused-ring (bicyclic) bond motifs is 3. The van der Waals surface area contributed by atoms with Crippen LogP contribution in [0.2, 0.25) is 0 Å². The van der Waals surface area contributed by atoms with Crippen LogP contribution < -0.4 is 9.47 Å². The molecule has 5 nitrogen and oxygen atoms in total. The molecule has 0 bridgehead atoms. The topological polar surface area (TPSA) is 60.8 Å². The first-order valence-corrected chi connectivity index (χ1v) is 9.46. The Bertz CT molecular complexity index is 1210. The van der Waals surface area contributed by atoms with Gasteiger partial charge in [-0.3, -0.25) is 0 Å². The summed E-state index contributed by atoms with van der Waals surface area (Å²) < 4.78 is 11.9. The predicted octanol–water partition coefficient (Wildman–Crippen LogP) is 5.56. The quantitative estimate of drug-likeness (QED) is 0.433. The molecule has 3 aromatic carbocycles. The first kappa shape index (κ1) is 17.4. The number of hydrogen-bond donors (Lipinski definition) is 0. The molecule has 0 saturated heterocycles. The molecule has 4 aromatic rings. The summed E-state index contributed by atoms with van der Waals surface area (Å²) in [6.45, 7) is 0.747. The molecule has 142 valence electrons. The first-order chi connectivity index (χ1) is 14.3. The Morgan fingerprint density at radius 3 is 2.76 bits per heavy atom. The molecule has 5 rings (SSSR count). The number of pyridine rings is 1. The van der Waals surface area contributed by atoms with E-state index in [-0.39, 0.29) is 0 Å². The van der Waals surface area contributed by atoms with E-state index in [2.05, 4.69) is 10.2 Å². The highest BCUT2D eigenvalue weighted by molar-refractivity contribution is 5.78. The number of benzene rings is 3. The molecule has 1 aromatic heterocycles. The van der Waals surface area contributed by atoms with E-state index in [1.807, 2.05) is 78.9 Å². The fourth-order valence-corrected chi connectivity index (χ4v) is 3.68. The molecule has 0 spiro atoms. The smallest absolute Gasteiger partial charge is 0.146 e. The summed E-state index contributed by atoms with van der Waals surface area (Å²) in [6, 6.07) is 24.6. The molecule has 0 fully saturated rings. The Hall–Kier alpha value is -3.73. The van der Waals surface area contributed by atoms with Crippen LogP contribution >= 0.6 is 0 Å². The van der Waals surface area contributed by atoms with E-state index in [0.717, 1.165) is 27.7 Å². The molecule has 2 heterocycles. The fraction of sp³-hybridized carbons (Fsp3) is 0.125. The lowest BCUT2D eigenvalue weighted by molar-refractivity contribution is 0.294. The summed E-state index contributed by atoms with van der Waals surface area (Å²) in [5.41, 5.74) is 4.33. The second-order valence-corrected chi connectivity index (χ2v) is 6.98. The van der Waals surface area contributed by atoms with Gasteiger partial charge in [-0.1, -0.05) is 53.7 Å². The maximum atomic E-state index is 11.7. The molecule has 0 radical (unpaired) electrons. The van der Waals surface area contributed by atoms with Crippen molar-refractivity contribution in [1.82, 2.24) is 4.98 Å². The van der Waals surface area contributed by atoms with Crippen LogP contribution in [-0.2, 0) is 13.2 Å². The Morgan fingerprint density at radius 2 is 1.83 bits per heavy atom. The molecular formula is C24H18N2O3. The van der Waals surface area contributed by atoms with E-state index in [1.165, 1.54) is 0 Å². The highest BCUT2D eigenvalue weighted by atomic mass is 16.5. The van der Waals surface area contributed by atoms with Gasteiger partial charge in [0.25, 0.3) is 0 Å². The third-order valence-electron chi connectivity index (χ3n) is 5.16. The Labute approximate surface area is 167 Å². The fourth-order valence-electron chi connectivity index (χ4n) is 3.68. The summed E-state index contributed by atoms with van der Waals surface area (Å²) in [6.07, 6.45) is 0. The minimum absolute atomic E-state index is 0.334. The zero-order valence-electron chi connectivity index (χ0n) is 15.6. The van der Waals surface area contributed by atoms with Gasteiger partial charge >= 0.3 is 0 Å². The van der Waals surface area contributed by atoms with Gasteiger partial charge in [-0.2, -0.15) is 0 Å². The monoisotopic (exact) mass is 382 g/mol. The molecule has 0 saturated carbocycles. The number of rotatable bonds is 4. The lowest BCUT2D eigenvalue weighted by Crippen LogP contribution is -2.01. The first-order valence-electron chi connectivity index (χ1n) is 9.46. The highest BCUT2D eigenvalue weighted by Gasteiger charge is 2.26. The van der Waals surface area contributed by atoms with Gasteiger partial charge in [0, 0.05) is 10.9 Å². The van der Waals surface area contributed by atoms with E-state index >= 15 is 0 Å². The van der Waals surface area contributed by atoms with Crippen LogP contribution in [0.1, 0.15) is 28.4 Å². The van der Waals surface area contributed by atoms with Crippen molar-refractivity contribution in [2.75, 3.05) is 0 Å². The molecule has 1 aliphatic heterocycles. The van der Waals surface area contributed by atoms with Crippen molar-refractivity contribution < 1.29 is 9.47 Å². The summed E-state index contributed by atoms with van der Waals surface area (Å²) in [5, 5.41) is 4.48. The molecule has 1 unspecified atom stereocenters. The van der Waals surface area contributed by atoms with Crippen molar-refractivity contribution in [3.63, 3.8) is 0 Å². The zero-order chi connectivity index (χ0) is 19.6. The van der Waals surface area contributed by atoms with Gasteiger partial charge in [-0.05, 0) is 41.5 Å². The number of aromatic nitrogens is 1. The van der Waals surface area contributed by atoms with Gasteiger partial charge < -0.3 is 9.47 Å². The SMILES string of the molecule is O=NC1c2ccccc2COc2ccc(OCc3ccc4ccccc4n3)cc21. The van der Waals surface area contributed by atoms with Crippen molar-refractivity contribution in [3.8, 4) is 11.5 Å². The molecular weight excluding hydrogens is 364 g/mol. The number of nitroso groups, excluding NO2 is 1. The van der Waals surface area contributed by atoms with E-state index in [1.54, 1.807) is 0 Å². The molecule has 1 aliphatic rings. The van der Waals surface area contributed by atoms with Crippen LogP contribution in [0.4, 0.5) is 0 Å². The average molecular weight is 382 g/mol. The van der Waals surface area contributed by atoms with Crippen molar-refractivity contribution >= 4 is 10.9 Å². The van der Waals surface area contributed by atoms with E-state index in [9.17, 15) is 4.91 Å². The molecule has 29 heavy (non-hydrogen) atoms. The number of para-hydroxylation sites is 1. The zero-order valence-corrected chi connectivity index (χ0v) is 15.6. The van der Waals surface area contributed by atoms with Gasteiger partial charge in [-0.25, -0.2) is 4.98 Å². The van der Waals surface area contributed by atoms with Crippen LogP contribution in [0.25, 0.3) is 10.9 Å². The van der Waals surface area contributed by atoms with Gasteiger partial charge in [0.1, 0.15) is 30.8 Å². The molecule has 5 heteroatoms. The number of nitrogens with zero attached hydrogens (tertiary/aromatic N) is 2. The van der Waals surface area contributed by atoms with Gasteiger partial charge in [0.15, 0.2) is 0 Å². The average Bonchev–Trinajstić information content (AvgIpc) is 2.93. The molecule has 0 amide bonds. The minimum Gasteiger partial charge on any atom is -0.489 e. The van der Waals surface area contributed by atoms with Crippen molar-refractivity contribution in [3.05, 3.63) is 106 Å². The summed E-state index contributed by atoms with van der Waals surface area (Å²) in [7, 11) is 0. The minimum atomic E-state index is -0.619. The van der Waals surface area contributed by atoms with Gasteiger partial charge in [-0.15, -0.1) is 4.91 Å². The third-order valence-corrected chi connectivity index (χ3v) is 5.16. The van der Waals surface area contributed by atoms with Crippen molar-refractivity contribution in [2.24, 2.45) is 5.18 Å². The summed E-state index contributed by atoms with van der Waals surface area (Å²) in [5.74, 6) is 1.30. The van der Waals surface area contributed by atoms with Gasteiger partial charge in [0.2, 0.25) is 0 Å². The lowest BCUT2D eigenvalue weighted by Gasteiger charge is -2.14. The van der Waals surface area contributed by atoms with E-state index in [0.29, 0.717) is 30.3 Å². The lowest BCUT2D eigenvalue weighted by atomic mass is 9.95. The van der Waals surface area contributed by atoms with Gasteiger partial charge in [0.05, 0.1) is 11.2 Å². The van der Waals surface area contributed by atoms with Crippen LogP contribution in [0, 0.1) is 4.91 Å². The second-order valence-electron chi connectivity index (χ2n) is 6.98. The Kier molecular flexibility index (Phi) is 4.41. The van der Waals surface area contributed by atoms with Crippen molar-refractivity contribution in [2.45, 2.75) is 19.3 Å². The second kappa shape index (κ2) is 7.36. The predicted molar refractivity (Wildman–Crippen MR) is 111 cm³/mol. The third kappa shape index (κ3) is 3.31. The number of ether oxygens (including phenoxy) is 2. The Balaban J connectivity index is 1.43. The molecule has 0 aliphatic carbocycles.